The lowest BCUT2D eigenvalue weighted by molar-refractivity contribution is 0.0943. The Hall–Kier alpha value is -3.58. The molecule has 1 atom stereocenters. The highest BCUT2D eigenvalue weighted by molar-refractivity contribution is 6.40. The zero-order valence-corrected chi connectivity index (χ0v) is 21.0. The molecule has 0 spiro atoms. The summed E-state index contributed by atoms with van der Waals surface area (Å²) >= 11 is 18.2. The van der Waals surface area contributed by atoms with E-state index in [9.17, 15) is 9.59 Å². The zero-order valence-electron chi connectivity index (χ0n) is 18.7. The Labute approximate surface area is 222 Å². The zero-order chi connectivity index (χ0) is 25.2. The molecule has 2 amide bonds. The molecule has 3 aromatic carbocycles. The maximum atomic E-state index is 12.6. The number of imidazole rings is 1. The molecule has 0 radical (unpaired) electrons. The number of amides is 2. The number of H-pyrrole nitrogens is 1. The Balaban J connectivity index is 1.25. The van der Waals surface area contributed by atoms with Gasteiger partial charge in [-0.05, 0) is 66.7 Å². The highest BCUT2D eigenvalue weighted by atomic mass is 35.5. The van der Waals surface area contributed by atoms with Crippen molar-refractivity contribution in [1.82, 2.24) is 15.3 Å². The minimum atomic E-state index is -0.386. The van der Waals surface area contributed by atoms with Gasteiger partial charge in [0.1, 0.15) is 5.82 Å². The third-order valence-electron chi connectivity index (χ3n) is 5.75. The fourth-order valence-corrected chi connectivity index (χ4v) is 4.62. The van der Waals surface area contributed by atoms with Crippen LogP contribution in [0.2, 0.25) is 15.1 Å². The third-order valence-corrected chi connectivity index (χ3v) is 6.63. The third kappa shape index (κ3) is 5.16. The summed E-state index contributed by atoms with van der Waals surface area (Å²) < 4.78 is 0. The van der Waals surface area contributed by atoms with E-state index in [-0.39, 0.29) is 33.5 Å². The number of aromatic nitrogens is 2. The van der Waals surface area contributed by atoms with E-state index in [1.54, 1.807) is 54.6 Å². The van der Waals surface area contributed by atoms with Gasteiger partial charge in [0.15, 0.2) is 0 Å². The molecule has 36 heavy (non-hydrogen) atoms. The summed E-state index contributed by atoms with van der Waals surface area (Å²) in [5.74, 6) is 0.144. The van der Waals surface area contributed by atoms with Crippen LogP contribution >= 0.6 is 34.8 Å². The van der Waals surface area contributed by atoms with Crippen LogP contribution in [-0.2, 0) is 6.42 Å². The quantitative estimate of drug-likeness (QED) is 0.266. The van der Waals surface area contributed by atoms with Gasteiger partial charge in [0.25, 0.3) is 11.8 Å². The number of hydrogen-bond acceptors (Lipinski definition) is 3. The number of carbonyl (C=O) groups excluding carboxylic acids is 2. The van der Waals surface area contributed by atoms with Crippen LogP contribution in [0, 0.1) is 0 Å². The smallest absolute Gasteiger partial charge is 0.258 e. The first kappa shape index (κ1) is 24.1. The number of benzene rings is 3. The average molecular weight is 538 g/mol. The van der Waals surface area contributed by atoms with Crippen LogP contribution in [0.15, 0.2) is 72.8 Å². The Kier molecular flexibility index (Phi) is 6.83. The van der Waals surface area contributed by atoms with E-state index in [2.05, 4.69) is 20.6 Å². The Morgan fingerprint density at radius 3 is 2.28 bits per heavy atom. The van der Waals surface area contributed by atoms with Crippen molar-refractivity contribution in [1.29, 1.82) is 0 Å². The highest BCUT2D eigenvalue weighted by Crippen LogP contribution is 2.27. The number of nitrogens with zero attached hydrogens (tertiary/aromatic N) is 1. The molecule has 1 aliphatic carbocycles. The molecule has 3 N–H and O–H groups in total. The van der Waals surface area contributed by atoms with E-state index < -0.39 is 0 Å². The number of carbonyl (C=O) groups is 2. The van der Waals surface area contributed by atoms with E-state index in [1.807, 2.05) is 24.3 Å². The standard InChI is InChI=1S/C27H19Cl3N4O2/c28-17-8-4-16(5-9-17)26(35)32-19-12-13-22-23(14-19)34-25(33-22)15-6-10-18(11-7-15)31-27(36)24-20(29)2-1-3-21(24)30/h1-13,19H,14H2,(H,31,36)(H,32,35)(H,33,34). The largest absolute Gasteiger partial charge is 0.345 e. The number of aromatic amines is 1. The molecule has 1 aromatic heterocycles. The first-order chi connectivity index (χ1) is 17.4. The summed E-state index contributed by atoms with van der Waals surface area (Å²) in [6.07, 6.45) is 4.41. The number of fused-ring (bicyclic) bond motifs is 1. The van der Waals surface area contributed by atoms with Crippen LogP contribution in [0.5, 0.6) is 0 Å². The first-order valence-electron chi connectivity index (χ1n) is 11.1. The lowest BCUT2D eigenvalue weighted by atomic mass is 10.0. The maximum Gasteiger partial charge on any atom is 0.258 e. The average Bonchev–Trinajstić information content (AvgIpc) is 3.28. The van der Waals surface area contributed by atoms with Gasteiger partial charge in [-0.1, -0.05) is 46.9 Å². The molecular weight excluding hydrogens is 519 g/mol. The maximum absolute atomic E-state index is 12.6. The predicted molar refractivity (Wildman–Crippen MR) is 144 cm³/mol. The molecule has 5 rings (SSSR count). The van der Waals surface area contributed by atoms with Gasteiger partial charge in [-0.3, -0.25) is 9.59 Å². The summed E-state index contributed by atoms with van der Waals surface area (Å²) in [6, 6.07) is 18.8. The van der Waals surface area contributed by atoms with Crippen LogP contribution in [0.1, 0.15) is 32.1 Å². The van der Waals surface area contributed by atoms with Crippen molar-refractivity contribution in [3.8, 4) is 11.4 Å². The summed E-state index contributed by atoms with van der Waals surface area (Å²) in [7, 11) is 0. The molecule has 9 heteroatoms. The molecule has 0 aliphatic heterocycles. The lowest BCUT2D eigenvalue weighted by Crippen LogP contribution is -2.36. The molecule has 180 valence electrons. The predicted octanol–water partition coefficient (Wildman–Crippen LogP) is 6.66. The molecule has 1 unspecified atom stereocenters. The van der Waals surface area contributed by atoms with Crippen LogP contribution in [-0.4, -0.2) is 27.8 Å². The number of rotatable bonds is 5. The van der Waals surface area contributed by atoms with Crippen LogP contribution in [0.25, 0.3) is 17.5 Å². The summed E-state index contributed by atoms with van der Waals surface area (Å²) in [4.78, 5) is 33.2. The van der Waals surface area contributed by atoms with Gasteiger partial charge in [0.2, 0.25) is 0 Å². The van der Waals surface area contributed by atoms with Gasteiger partial charge in [0.05, 0.1) is 27.3 Å². The van der Waals surface area contributed by atoms with Gasteiger partial charge < -0.3 is 15.6 Å². The van der Waals surface area contributed by atoms with Crippen molar-refractivity contribution < 1.29 is 9.59 Å². The van der Waals surface area contributed by atoms with Gasteiger partial charge in [0, 0.05) is 34.0 Å². The van der Waals surface area contributed by atoms with Crippen molar-refractivity contribution in [2.75, 3.05) is 5.32 Å². The van der Waals surface area contributed by atoms with E-state index in [1.165, 1.54) is 0 Å². The minimum Gasteiger partial charge on any atom is -0.345 e. The number of halogens is 3. The van der Waals surface area contributed by atoms with Crippen molar-refractivity contribution in [2.45, 2.75) is 12.5 Å². The second kappa shape index (κ2) is 10.2. The van der Waals surface area contributed by atoms with Gasteiger partial charge in [-0.2, -0.15) is 0 Å². The highest BCUT2D eigenvalue weighted by Gasteiger charge is 2.20. The molecule has 6 nitrogen and oxygen atoms in total. The molecule has 1 aliphatic rings. The van der Waals surface area contributed by atoms with Gasteiger partial charge in [-0.25, -0.2) is 4.98 Å². The van der Waals surface area contributed by atoms with Crippen LogP contribution < -0.4 is 10.6 Å². The number of hydrogen-bond donors (Lipinski definition) is 3. The second-order valence-corrected chi connectivity index (χ2v) is 9.48. The van der Waals surface area contributed by atoms with Crippen molar-refractivity contribution in [3.05, 3.63) is 110 Å². The van der Waals surface area contributed by atoms with E-state index in [0.29, 0.717) is 28.5 Å². The minimum absolute atomic E-state index is 0.164. The molecule has 0 bridgehead atoms. The van der Waals surface area contributed by atoms with Crippen molar-refractivity contribution in [3.63, 3.8) is 0 Å². The molecule has 4 aromatic rings. The van der Waals surface area contributed by atoms with Crippen molar-refractivity contribution in [2.24, 2.45) is 0 Å². The van der Waals surface area contributed by atoms with E-state index in [0.717, 1.165) is 17.0 Å². The number of anilines is 1. The molecule has 0 saturated heterocycles. The van der Waals surface area contributed by atoms with Crippen LogP contribution in [0.3, 0.4) is 0 Å². The van der Waals surface area contributed by atoms with Gasteiger partial charge in [-0.15, -0.1) is 0 Å². The fourth-order valence-electron chi connectivity index (χ4n) is 3.92. The topological polar surface area (TPSA) is 86.9 Å². The Bertz CT molecular complexity index is 1460. The summed E-state index contributed by atoms with van der Waals surface area (Å²) in [5, 5.41) is 6.98. The Morgan fingerprint density at radius 1 is 0.889 bits per heavy atom. The summed E-state index contributed by atoms with van der Waals surface area (Å²) in [5.41, 5.74) is 3.99. The van der Waals surface area contributed by atoms with Gasteiger partial charge >= 0.3 is 0 Å². The normalized spacial score (nSPS) is 14.2. The van der Waals surface area contributed by atoms with Crippen LogP contribution in [0.4, 0.5) is 5.69 Å². The Morgan fingerprint density at radius 2 is 1.58 bits per heavy atom. The molecule has 0 fully saturated rings. The fraction of sp³-hybridized carbons (Fsp3) is 0.0741. The van der Waals surface area contributed by atoms with E-state index >= 15 is 0 Å². The lowest BCUT2D eigenvalue weighted by Gasteiger charge is -2.17. The SMILES string of the molecule is O=C(NC1C=Cc2nc(-c3ccc(NC(=O)c4c(Cl)cccc4Cl)cc3)[nH]c2C1)c1ccc(Cl)cc1. The number of nitrogens with one attached hydrogen (secondary N) is 3. The molecule has 1 heterocycles. The molecule has 0 saturated carbocycles. The second-order valence-electron chi connectivity index (χ2n) is 8.23. The molecular formula is C27H19Cl3N4O2. The van der Waals surface area contributed by atoms with Crippen molar-refractivity contribution >= 4 is 58.4 Å². The van der Waals surface area contributed by atoms with E-state index in [4.69, 9.17) is 34.8 Å². The first-order valence-corrected chi connectivity index (χ1v) is 12.2. The summed E-state index contributed by atoms with van der Waals surface area (Å²) in [6.45, 7) is 0. The monoisotopic (exact) mass is 536 g/mol.